The minimum absolute atomic E-state index is 0. The summed E-state index contributed by atoms with van der Waals surface area (Å²) in [5, 5.41) is 11.0. The Hall–Kier alpha value is -0.870. The third-order valence-corrected chi connectivity index (χ3v) is 5.05. The first kappa shape index (κ1) is 24.2. The number of aliphatic imine (C=N–C) groups is 1. The van der Waals surface area contributed by atoms with Crippen molar-refractivity contribution in [1.82, 2.24) is 25.6 Å². The lowest BCUT2D eigenvalue weighted by atomic mass is 10.1. The molecule has 27 heavy (non-hydrogen) atoms. The summed E-state index contributed by atoms with van der Waals surface area (Å²) >= 11 is 0. The maximum Gasteiger partial charge on any atom is 0.191 e. The number of rotatable bonds is 9. The fraction of sp³-hybridized carbons (Fsp3) is 0.789. The first-order chi connectivity index (χ1) is 12.7. The highest BCUT2D eigenvalue weighted by Crippen LogP contribution is 2.15. The van der Waals surface area contributed by atoms with Gasteiger partial charge in [-0.1, -0.05) is 19.0 Å². The monoisotopic (exact) mass is 492 g/mol. The number of unbranched alkanes of at least 4 members (excludes halogenated alkanes) is 1. The summed E-state index contributed by atoms with van der Waals surface area (Å²) in [5.74, 6) is 1.81. The number of halogens is 1. The van der Waals surface area contributed by atoms with Crippen molar-refractivity contribution in [3.8, 4) is 0 Å². The summed E-state index contributed by atoms with van der Waals surface area (Å²) in [7, 11) is 4.01. The summed E-state index contributed by atoms with van der Waals surface area (Å²) in [6.07, 6.45) is 4.13. The van der Waals surface area contributed by atoms with Gasteiger partial charge in [-0.3, -0.25) is 4.99 Å². The second-order valence-corrected chi connectivity index (χ2v) is 6.94. The minimum Gasteiger partial charge on any atom is -0.361 e. The van der Waals surface area contributed by atoms with Crippen LogP contribution >= 0.6 is 24.0 Å². The van der Waals surface area contributed by atoms with E-state index in [4.69, 9.17) is 4.52 Å². The van der Waals surface area contributed by atoms with Crippen molar-refractivity contribution in [2.24, 2.45) is 4.99 Å². The predicted octanol–water partition coefficient (Wildman–Crippen LogP) is 2.11. The van der Waals surface area contributed by atoms with Crippen molar-refractivity contribution < 1.29 is 4.52 Å². The van der Waals surface area contributed by atoms with E-state index in [0.29, 0.717) is 6.54 Å². The van der Waals surface area contributed by atoms with Gasteiger partial charge in [-0.25, -0.2) is 0 Å². The van der Waals surface area contributed by atoms with E-state index in [9.17, 15) is 0 Å². The number of hydrogen-bond acceptors (Lipinski definition) is 5. The molecule has 0 aliphatic carbocycles. The highest BCUT2D eigenvalue weighted by Gasteiger charge is 2.14. The molecule has 2 rings (SSSR count). The Labute approximate surface area is 181 Å². The van der Waals surface area contributed by atoms with Gasteiger partial charge in [0.25, 0.3) is 0 Å². The lowest BCUT2D eigenvalue weighted by molar-refractivity contribution is 0.152. The van der Waals surface area contributed by atoms with Crippen LogP contribution in [0.3, 0.4) is 0 Å². The van der Waals surface area contributed by atoms with Crippen molar-refractivity contribution in [1.29, 1.82) is 0 Å². The Morgan fingerprint density at radius 1 is 1.11 bits per heavy atom. The average molecular weight is 492 g/mol. The van der Waals surface area contributed by atoms with Gasteiger partial charge in [0.1, 0.15) is 5.76 Å². The van der Waals surface area contributed by atoms with Gasteiger partial charge in [-0.2, -0.15) is 0 Å². The van der Waals surface area contributed by atoms with Crippen LogP contribution < -0.4 is 10.6 Å². The molecule has 1 fully saturated rings. The Morgan fingerprint density at radius 2 is 1.85 bits per heavy atom. The third kappa shape index (κ3) is 7.95. The fourth-order valence-corrected chi connectivity index (χ4v) is 3.27. The first-order valence-electron chi connectivity index (χ1n) is 9.99. The molecular weight excluding hydrogens is 455 g/mol. The highest BCUT2D eigenvalue weighted by atomic mass is 127. The van der Waals surface area contributed by atoms with Crippen LogP contribution in [0.15, 0.2) is 9.52 Å². The fourth-order valence-electron chi connectivity index (χ4n) is 3.27. The maximum atomic E-state index is 5.42. The topological polar surface area (TPSA) is 68.9 Å². The minimum atomic E-state index is 0. The Kier molecular flexibility index (Phi) is 11.9. The standard InChI is InChI=1S/C19H36N6O.HI/c1-5-17-16(18(6-2)26-23-17)15-22-19(20-3)21-9-7-8-10-25-13-11-24(4)12-14-25;/h5-15H2,1-4H3,(H2,20,21,22);1H. The number of nitrogens with zero attached hydrogens (tertiary/aromatic N) is 4. The number of aromatic nitrogens is 1. The molecule has 0 unspecified atom stereocenters. The molecule has 0 radical (unpaired) electrons. The molecule has 0 atom stereocenters. The number of guanidine groups is 1. The van der Waals surface area contributed by atoms with E-state index in [1.807, 2.05) is 7.05 Å². The number of piperazine rings is 1. The molecule has 1 saturated heterocycles. The number of likely N-dealkylation sites (N-methyl/N-ethyl adjacent to an activating group) is 1. The summed E-state index contributed by atoms with van der Waals surface area (Å²) in [4.78, 5) is 9.29. The molecule has 0 aromatic carbocycles. The smallest absolute Gasteiger partial charge is 0.191 e. The molecule has 0 saturated carbocycles. The Bertz CT molecular complexity index is 533. The van der Waals surface area contributed by atoms with Gasteiger partial charge in [0.2, 0.25) is 0 Å². The van der Waals surface area contributed by atoms with Gasteiger partial charge in [-0.15, -0.1) is 24.0 Å². The third-order valence-electron chi connectivity index (χ3n) is 5.05. The molecule has 156 valence electrons. The summed E-state index contributed by atoms with van der Waals surface area (Å²) in [6.45, 7) is 11.8. The molecule has 1 aliphatic heterocycles. The van der Waals surface area contributed by atoms with Gasteiger partial charge < -0.3 is 25.0 Å². The normalized spacial score (nSPS) is 16.2. The Morgan fingerprint density at radius 3 is 2.48 bits per heavy atom. The number of aryl methyl sites for hydroxylation is 2. The van der Waals surface area contributed by atoms with Crippen LogP contribution in [0.1, 0.15) is 43.7 Å². The second kappa shape index (κ2) is 13.3. The molecule has 2 heterocycles. The molecule has 1 aromatic heterocycles. The summed E-state index contributed by atoms with van der Waals surface area (Å²) < 4.78 is 5.42. The van der Waals surface area contributed by atoms with Gasteiger partial charge in [-0.05, 0) is 32.9 Å². The molecular formula is C19H37IN6O. The van der Waals surface area contributed by atoms with Crippen LogP contribution in [0.5, 0.6) is 0 Å². The molecule has 0 bridgehead atoms. The molecule has 1 aliphatic rings. The zero-order valence-electron chi connectivity index (χ0n) is 17.4. The van der Waals surface area contributed by atoms with E-state index in [0.717, 1.165) is 43.2 Å². The first-order valence-corrected chi connectivity index (χ1v) is 9.99. The molecule has 1 aromatic rings. The van der Waals surface area contributed by atoms with Gasteiger partial charge in [0, 0.05) is 58.3 Å². The van der Waals surface area contributed by atoms with E-state index in [1.165, 1.54) is 44.7 Å². The zero-order valence-corrected chi connectivity index (χ0v) is 19.7. The SMILES string of the molecule is CCc1noc(CC)c1CNC(=NC)NCCCCN1CCN(C)CC1.I. The van der Waals surface area contributed by atoms with E-state index in [-0.39, 0.29) is 24.0 Å². The van der Waals surface area contributed by atoms with Gasteiger partial charge in [0.05, 0.1) is 5.69 Å². The summed E-state index contributed by atoms with van der Waals surface area (Å²) in [6, 6.07) is 0. The molecule has 7 nitrogen and oxygen atoms in total. The van der Waals surface area contributed by atoms with E-state index < -0.39 is 0 Å². The largest absolute Gasteiger partial charge is 0.361 e. The average Bonchev–Trinajstić information content (AvgIpc) is 3.07. The number of nitrogens with one attached hydrogen (secondary N) is 2. The second-order valence-electron chi connectivity index (χ2n) is 6.94. The predicted molar refractivity (Wildman–Crippen MR) is 122 cm³/mol. The van der Waals surface area contributed by atoms with E-state index in [2.05, 4.69) is 51.5 Å². The highest BCUT2D eigenvalue weighted by molar-refractivity contribution is 14.0. The van der Waals surface area contributed by atoms with Crippen LogP contribution in [-0.4, -0.2) is 74.3 Å². The lowest BCUT2D eigenvalue weighted by Gasteiger charge is -2.32. The van der Waals surface area contributed by atoms with Crippen LogP contribution in [-0.2, 0) is 19.4 Å². The van der Waals surface area contributed by atoms with E-state index in [1.54, 1.807) is 0 Å². The molecule has 8 heteroatoms. The molecule has 2 N–H and O–H groups in total. The zero-order chi connectivity index (χ0) is 18.8. The van der Waals surface area contributed by atoms with Crippen LogP contribution in [0.2, 0.25) is 0 Å². The van der Waals surface area contributed by atoms with Crippen LogP contribution in [0, 0.1) is 0 Å². The van der Waals surface area contributed by atoms with Crippen molar-refractivity contribution in [2.75, 3.05) is 53.4 Å². The van der Waals surface area contributed by atoms with Crippen molar-refractivity contribution in [3.63, 3.8) is 0 Å². The maximum absolute atomic E-state index is 5.42. The van der Waals surface area contributed by atoms with Crippen LogP contribution in [0.4, 0.5) is 0 Å². The summed E-state index contributed by atoms with van der Waals surface area (Å²) in [5.41, 5.74) is 2.21. The molecule has 0 spiro atoms. The van der Waals surface area contributed by atoms with Crippen molar-refractivity contribution in [2.45, 2.75) is 46.1 Å². The Balaban J connectivity index is 0.00000364. The number of hydrogen-bond donors (Lipinski definition) is 2. The van der Waals surface area contributed by atoms with Crippen LogP contribution in [0.25, 0.3) is 0 Å². The van der Waals surface area contributed by atoms with E-state index >= 15 is 0 Å². The van der Waals surface area contributed by atoms with Crippen molar-refractivity contribution in [3.05, 3.63) is 17.0 Å². The van der Waals surface area contributed by atoms with Gasteiger partial charge >= 0.3 is 0 Å². The quantitative estimate of drug-likeness (QED) is 0.238. The van der Waals surface area contributed by atoms with Crippen molar-refractivity contribution >= 4 is 29.9 Å². The molecule has 0 amide bonds. The van der Waals surface area contributed by atoms with Gasteiger partial charge in [0.15, 0.2) is 5.96 Å². The lowest BCUT2D eigenvalue weighted by Crippen LogP contribution is -2.44.